The van der Waals surface area contributed by atoms with Crippen molar-refractivity contribution in [2.45, 2.75) is 44.4 Å². The van der Waals surface area contributed by atoms with E-state index in [2.05, 4.69) is 10.3 Å². The van der Waals surface area contributed by atoms with Gasteiger partial charge in [0.1, 0.15) is 11.6 Å². The first-order chi connectivity index (χ1) is 13.9. The maximum absolute atomic E-state index is 14.0. The van der Waals surface area contributed by atoms with Crippen LogP contribution in [0.4, 0.5) is 23.4 Å². The summed E-state index contributed by atoms with van der Waals surface area (Å²) in [4.78, 5) is 4.13. The van der Waals surface area contributed by atoms with Crippen LogP contribution in [0.25, 0.3) is 10.8 Å². The molecule has 30 heavy (non-hydrogen) atoms. The van der Waals surface area contributed by atoms with E-state index < -0.39 is 36.0 Å². The highest BCUT2D eigenvalue weighted by Crippen LogP contribution is 2.42. The molecule has 1 aromatic heterocycles. The van der Waals surface area contributed by atoms with Crippen LogP contribution < -0.4 is 5.32 Å². The first-order valence-electron chi connectivity index (χ1n) is 9.56. The van der Waals surface area contributed by atoms with E-state index in [9.17, 15) is 22.7 Å². The fraction of sp³-hybridized carbons (Fsp3) is 0.348. The van der Waals surface area contributed by atoms with Gasteiger partial charge in [-0.3, -0.25) is 0 Å². The number of alkyl halides is 3. The summed E-state index contributed by atoms with van der Waals surface area (Å²) in [5.41, 5.74) is -3.10. The third-order valence-corrected chi connectivity index (χ3v) is 5.41. The van der Waals surface area contributed by atoms with Crippen molar-refractivity contribution in [1.82, 2.24) is 4.98 Å². The minimum atomic E-state index is -4.90. The molecule has 3 aromatic rings. The molecule has 0 radical (unpaired) electrons. The van der Waals surface area contributed by atoms with Crippen LogP contribution in [0, 0.1) is 12.7 Å². The first-order valence-corrected chi connectivity index (χ1v) is 9.56. The van der Waals surface area contributed by atoms with Crippen LogP contribution in [0.3, 0.4) is 0 Å². The first kappa shape index (κ1) is 22.0. The molecule has 0 bridgehead atoms. The fourth-order valence-electron chi connectivity index (χ4n) is 3.90. The second-order valence-electron chi connectivity index (χ2n) is 8.28. The predicted molar refractivity (Wildman–Crippen MR) is 110 cm³/mol. The van der Waals surface area contributed by atoms with Gasteiger partial charge in [0.15, 0.2) is 5.60 Å². The van der Waals surface area contributed by atoms with E-state index in [4.69, 9.17) is 0 Å². The molecule has 7 heteroatoms. The monoisotopic (exact) mass is 420 g/mol. The molecule has 0 amide bonds. The van der Waals surface area contributed by atoms with E-state index in [0.717, 1.165) is 5.39 Å². The lowest BCUT2D eigenvalue weighted by molar-refractivity contribution is -0.260. The summed E-state index contributed by atoms with van der Waals surface area (Å²) in [6.45, 7) is 4.07. The Morgan fingerprint density at radius 1 is 1.03 bits per heavy atom. The topological polar surface area (TPSA) is 45.1 Å². The smallest absolute Gasteiger partial charge is 0.379 e. The van der Waals surface area contributed by atoms with Crippen molar-refractivity contribution in [2.75, 3.05) is 11.9 Å². The van der Waals surface area contributed by atoms with Gasteiger partial charge < -0.3 is 10.4 Å². The molecule has 2 N–H and O–H groups in total. The van der Waals surface area contributed by atoms with Gasteiger partial charge in [-0.05, 0) is 53.5 Å². The highest BCUT2D eigenvalue weighted by atomic mass is 19.4. The number of aromatic nitrogens is 1. The summed E-state index contributed by atoms with van der Waals surface area (Å²) in [5.74, 6) is -0.271. The van der Waals surface area contributed by atoms with Gasteiger partial charge in [-0.1, -0.05) is 44.2 Å². The average molecular weight is 420 g/mol. The minimum Gasteiger partial charge on any atom is -0.379 e. The second-order valence-corrected chi connectivity index (χ2v) is 8.28. The molecule has 0 saturated heterocycles. The van der Waals surface area contributed by atoms with Crippen LogP contribution >= 0.6 is 0 Å². The Labute approximate surface area is 172 Å². The van der Waals surface area contributed by atoms with Crippen molar-refractivity contribution in [3.63, 3.8) is 0 Å². The summed E-state index contributed by atoms with van der Waals surface area (Å²) in [6.07, 6.45) is -4.05. The summed E-state index contributed by atoms with van der Waals surface area (Å²) >= 11 is 0. The normalized spacial score (nSPS) is 14.5. The molecule has 1 unspecified atom stereocenters. The molecular formula is C23H24F4N2O. The molecule has 0 fully saturated rings. The molecule has 0 saturated carbocycles. The largest absolute Gasteiger partial charge is 0.418 e. The zero-order valence-electron chi connectivity index (χ0n) is 17.0. The van der Waals surface area contributed by atoms with Gasteiger partial charge in [0.05, 0.1) is 6.54 Å². The molecule has 1 atom stereocenters. The van der Waals surface area contributed by atoms with Gasteiger partial charge in [-0.2, -0.15) is 13.2 Å². The van der Waals surface area contributed by atoms with E-state index in [1.165, 1.54) is 24.4 Å². The van der Waals surface area contributed by atoms with E-state index >= 15 is 0 Å². The van der Waals surface area contributed by atoms with Crippen LogP contribution in [0.2, 0.25) is 0 Å². The van der Waals surface area contributed by atoms with Crippen molar-refractivity contribution in [3.05, 3.63) is 71.7 Å². The number of nitrogens with one attached hydrogen (secondary N) is 1. The zero-order chi connectivity index (χ0) is 22.2. The number of anilines is 1. The summed E-state index contributed by atoms with van der Waals surface area (Å²) in [7, 11) is 0. The fourth-order valence-corrected chi connectivity index (χ4v) is 3.90. The second kappa shape index (κ2) is 7.87. The maximum atomic E-state index is 14.0. The van der Waals surface area contributed by atoms with E-state index in [1.54, 1.807) is 39.0 Å². The standard InChI is InChI=1S/C23H24F4N2O/c1-15-8-9-17(24)12-19(15)21(2,3)13-22(30,23(25,26)27)14-29-20-18-7-5-4-6-16(18)10-11-28-20/h4-12,30H,13-14H2,1-3H3,(H,28,29). The van der Waals surface area contributed by atoms with Crippen LogP contribution in [-0.4, -0.2) is 28.4 Å². The Bertz CT molecular complexity index is 1040. The van der Waals surface area contributed by atoms with Gasteiger partial charge in [0, 0.05) is 11.6 Å². The molecule has 0 aliphatic rings. The number of hydrogen-bond acceptors (Lipinski definition) is 3. The van der Waals surface area contributed by atoms with Crippen molar-refractivity contribution in [1.29, 1.82) is 0 Å². The third kappa shape index (κ3) is 4.41. The van der Waals surface area contributed by atoms with Gasteiger partial charge >= 0.3 is 6.18 Å². The Kier molecular flexibility index (Phi) is 5.78. The summed E-state index contributed by atoms with van der Waals surface area (Å²) < 4.78 is 55.6. The minimum absolute atomic E-state index is 0.260. The van der Waals surface area contributed by atoms with Gasteiger partial charge in [-0.25, -0.2) is 9.37 Å². The molecule has 2 aromatic carbocycles. The number of aliphatic hydroxyl groups is 1. The molecule has 1 heterocycles. The summed E-state index contributed by atoms with van der Waals surface area (Å²) in [5, 5.41) is 14.9. The molecule has 0 aliphatic heterocycles. The van der Waals surface area contributed by atoms with Crippen LogP contribution in [-0.2, 0) is 5.41 Å². The number of benzene rings is 2. The van der Waals surface area contributed by atoms with Gasteiger partial charge in [0.25, 0.3) is 0 Å². The third-order valence-electron chi connectivity index (χ3n) is 5.41. The number of hydrogen-bond donors (Lipinski definition) is 2. The average Bonchev–Trinajstić information content (AvgIpc) is 2.67. The number of fused-ring (bicyclic) bond motifs is 1. The highest BCUT2D eigenvalue weighted by Gasteiger charge is 2.56. The Hall–Kier alpha value is -2.67. The molecule has 3 nitrogen and oxygen atoms in total. The molecule has 0 spiro atoms. The van der Waals surface area contributed by atoms with Crippen molar-refractivity contribution in [2.24, 2.45) is 0 Å². The van der Waals surface area contributed by atoms with Crippen LogP contribution in [0.1, 0.15) is 31.4 Å². The Morgan fingerprint density at radius 2 is 1.73 bits per heavy atom. The van der Waals surface area contributed by atoms with E-state index in [-0.39, 0.29) is 5.82 Å². The highest BCUT2D eigenvalue weighted by molar-refractivity contribution is 5.91. The predicted octanol–water partition coefficient (Wildman–Crippen LogP) is 5.76. The Morgan fingerprint density at radius 3 is 2.43 bits per heavy atom. The van der Waals surface area contributed by atoms with E-state index in [0.29, 0.717) is 16.5 Å². The molecule has 0 aliphatic carbocycles. The number of halogens is 4. The van der Waals surface area contributed by atoms with Crippen molar-refractivity contribution in [3.8, 4) is 0 Å². The summed E-state index contributed by atoms with van der Waals surface area (Å²) in [6, 6.07) is 12.9. The molecule has 3 rings (SSSR count). The lowest BCUT2D eigenvalue weighted by Gasteiger charge is -2.38. The number of rotatable bonds is 6. The maximum Gasteiger partial charge on any atom is 0.418 e. The van der Waals surface area contributed by atoms with Crippen molar-refractivity contribution >= 4 is 16.6 Å². The SMILES string of the molecule is Cc1ccc(F)cc1C(C)(C)CC(O)(CNc1nccc2ccccc12)C(F)(F)F. The number of aryl methyl sites for hydroxylation is 1. The van der Waals surface area contributed by atoms with Gasteiger partial charge in [-0.15, -0.1) is 0 Å². The zero-order valence-corrected chi connectivity index (χ0v) is 17.0. The molecule has 160 valence electrons. The Balaban J connectivity index is 1.92. The van der Waals surface area contributed by atoms with Crippen LogP contribution in [0.15, 0.2) is 54.7 Å². The number of pyridine rings is 1. The lowest BCUT2D eigenvalue weighted by Crippen LogP contribution is -2.54. The van der Waals surface area contributed by atoms with E-state index in [1.807, 2.05) is 12.1 Å². The van der Waals surface area contributed by atoms with Gasteiger partial charge in [0.2, 0.25) is 0 Å². The lowest BCUT2D eigenvalue weighted by atomic mass is 9.73. The number of nitrogens with zero attached hydrogens (tertiary/aromatic N) is 1. The van der Waals surface area contributed by atoms with Crippen LogP contribution in [0.5, 0.6) is 0 Å². The molecular weight excluding hydrogens is 396 g/mol. The quantitative estimate of drug-likeness (QED) is 0.499. The van der Waals surface area contributed by atoms with Crippen molar-refractivity contribution < 1.29 is 22.7 Å².